The molecular formula is C11H15NOS2. The van der Waals surface area contributed by atoms with E-state index in [4.69, 9.17) is 0 Å². The molecule has 2 nitrogen and oxygen atoms in total. The normalized spacial score (nSPS) is 10.4. The van der Waals surface area contributed by atoms with Crippen LogP contribution >= 0.6 is 24.4 Å². The monoisotopic (exact) mass is 241 g/mol. The summed E-state index contributed by atoms with van der Waals surface area (Å²) < 4.78 is 0. The van der Waals surface area contributed by atoms with Gasteiger partial charge in [0.2, 0.25) is 0 Å². The van der Waals surface area contributed by atoms with Crippen LogP contribution in [-0.4, -0.2) is 10.5 Å². The third-order valence-electron chi connectivity index (χ3n) is 1.74. The summed E-state index contributed by atoms with van der Waals surface area (Å²) in [4.78, 5) is 11.8. The molecule has 0 saturated carbocycles. The van der Waals surface area contributed by atoms with Gasteiger partial charge >= 0.3 is 0 Å². The molecule has 82 valence electrons. The first-order valence-corrected chi connectivity index (χ1v) is 6.13. The molecular weight excluding hydrogens is 226 g/mol. The van der Waals surface area contributed by atoms with Crippen molar-refractivity contribution in [2.24, 2.45) is 0 Å². The van der Waals surface area contributed by atoms with Crippen molar-refractivity contribution < 1.29 is 4.79 Å². The summed E-state index contributed by atoms with van der Waals surface area (Å²) in [7, 11) is 0. The number of thioether (sulfide) groups is 1. The highest BCUT2D eigenvalue weighted by Gasteiger charge is 1.99. The number of carbonyl (C=O) groups is 1. The van der Waals surface area contributed by atoms with Gasteiger partial charge in [-0.2, -0.15) is 0 Å². The Morgan fingerprint density at radius 2 is 2.00 bits per heavy atom. The van der Waals surface area contributed by atoms with E-state index in [1.165, 1.54) is 4.90 Å². The number of rotatable bonds is 4. The highest BCUT2D eigenvalue weighted by atomic mass is 32.2. The van der Waals surface area contributed by atoms with Crippen molar-refractivity contribution in [3.05, 3.63) is 29.8 Å². The highest BCUT2D eigenvalue weighted by Crippen LogP contribution is 2.22. The fourth-order valence-corrected chi connectivity index (χ4v) is 2.05. The predicted octanol–water partition coefficient (Wildman–Crippen LogP) is 3.33. The number of hydrogen-bond acceptors (Lipinski definition) is 2. The van der Waals surface area contributed by atoms with E-state index >= 15 is 0 Å². The predicted molar refractivity (Wildman–Crippen MR) is 68.7 cm³/mol. The van der Waals surface area contributed by atoms with Crippen LogP contribution in [0, 0.1) is 0 Å². The first-order valence-electron chi connectivity index (χ1n) is 4.80. The molecule has 15 heavy (non-hydrogen) atoms. The molecule has 1 amide bonds. The van der Waals surface area contributed by atoms with Gasteiger partial charge in [0.1, 0.15) is 0 Å². The highest BCUT2D eigenvalue weighted by molar-refractivity contribution is 7.99. The Labute approximate surface area is 100 Å². The number of thiol groups is 1. The van der Waals surface area contributed by atoms with Gasteiger partial charge in [-0.05, 0) is 17.7 Å². The first-order chi connectivity index (χ1) is 7.08. The second-order valence-electron chi connectivity index (χ2n) is 3.47. The fourth-order valence-electron chi connectivity index (χ4n) is 1.14. The summed E-state index contributed by atoms with van der Waals surface area (Å²) >= 11 is 5.47. The zero-order valence-corrected chi connectivity index (χ0v) is 10.6. The summed E-state index contributed by atoms with van der Waals surface area (Å²) in [6.45, 7) is 4.87. The van der Waals surface area contributed by atoms with E-state index in [9.17, 15) is 4.79 Å². The molecule has 0 atom stereocenters. The number of carbonyl (C=O) groups excluding carboxylic acids is 1. The van der Waals surface area contributed by atoms with Crippen molar-refractivity contribution in [3.8, 4) is 0 Å². The SMILES string of the molecule is CC(C)Sc1ccc(CNC(=O)S)cc1. The summed E-state index contributed by atoms with van der Waals surface area (Å²) in [5.41, 5.74) is 1.09. The minimum Gasteiger partial charge on any atom is -0.343 e. The molecule has 0 saturated heterocycles. The summed E-state index contributed by atoms with van der Waals surface area (Å²) in [5.74, 6) is 0. The lowest BCUT2D eigenvalue weighted by atomic mass is 10.2. The molecule has 0 aliphatic rings. The minimum absolute atomic E-state index is 0.296. The Morgan fingerprint density at radius 1 is 1.40 bits per heavy atom. The van der Waals surface area contributed by atoms with Gasteiger partial charge < -0.3 is 5.32 Å². The minimum atomic E-state index is -0.296. The molecule has 0 aliphatic carbocycles. The van der Waals surface area contributed by atoms with E-state index in [2.05, 4.69) is 43.9 Å². The molecule has 0 unspecified atom stereocenters. The fraction of sp³-hybridized carbons (Fsp3) is 0.364. The van der Waals surface area contributed by atoms with Gasteiger partial charge in [-0.25, -0.2) is 0 Å². The van der Waals surface area contributed by atoms with Crippen molar-refractivity contribution in [1.82, 2.24) is 5.32 Å². The van der Waals surface area contributed by atoms with E-state index in [0.29, 0.717) is 11.8 Å². The van der Waals surface area contributed by atoms with Gasteiger partial charge in [0.15, 0.2) is 0 Å². The lowest BCUT2D eigenvalue weighted by molar-refractivity contribution is 0.260. The topological polar surface area (TPSA) is 29.1 Å². The average Bonchev–Trinajstić information content (AvgIpc) is 2.16. The summed E-state index contributed by atoms with van der Waals surface area (Å²) in [5, 5.41) is 2.94. The van der Waals surface area contributed by atoms with Crippen LogP contribution in [-0.2, 0) is 6.54 Å². The zero-order valence-electron chi connectivity index (χ0n) is 8.86. The van der Waals surface area contributed by atoms with Crippen molar-refractivity contribution >= 4 is 29.6 Å². The van der Waals surface area contributed by atoms with Crippen molar-refractivity contribution in [1.29, 1.82) is 0 Å². The first kappa shape index (κ1) is 12.5. The van der Waals surface area contributed by atoms with Crippen LogP contribution in [0.25, 0.3) is 0 Å². The maximum absolute atomic E-state index is 10.6. The molecule has 4 heteroatoms. The van der Waals surface area contributed by atoms with Crippen LogP contribution in [0.15, 0.2) is 29.2 Å². The molecule has 1 aromatic rings. The second-order valence-corrected chi connectivity index (χ2v) is 5.53. The molecule has 1 rings (SSSR count). The van der Waals surface area contributed by atoms with Crippen LogP contribution in [0.3, 0.4) is 0 Å². The molecule has 0 aliphatic heterocycles. The smallest absolute Gasteiger partial charge is 0.276 e. The number of amides is 1. The lowest BCUT2D eigenvalue weighted by Crippen LogP contribution is -2.15. The molecule has 0 heterocycles. The van der Waals surface area contributed by atoms with E-state index < -0.39 is 0 Å². The second kappa shape index (κ2) is 6.08. The van der Waals surface area contributed by atoms with Crippen LogP contribution in [0.5, 0.6) is 0 Å². The molecule has 0 fully saturated rings. The Balaban J connectivity index is 2.52. The van der Waals surface area contributed by atoms with Gasteiger partial charge in [0.25, 0.3) is 5.24 Å². The van der Waals surface area contributed by atoms with Gasteiger partial charge in [0, 0.05) is 16.7 Å². The van der Waals surface area contributed by atoms with Crippen LogP contribution < -0.4 is 5.32 Å². The van der Waals surface area contributed by atoms with Gasteiger partial charge in [-0.1, -0.05) is 38.6 Å². The Hall–Kier alpha value is -0.610. The Kier molecular flexibility index (Phi) is 5.05. The van der Waals surface area contributed by atoms with Crippen LogP contribution in [0.2, 0.25) is 0 Å². The largest absolute Gasteiger partial charge is 0.343 e. The maximum atomic E-state index is 10.6. The molecule has 1 aromatic carbocycles. The van der Waals surface area contributed by atoms with Gasteiger partial charge in [-0.15, -0.1) is 11.8 Å². The molecule has 1 N–H and O–H groups in total. The standard InChI is InChI=1S/C11H15NOS2/c1-8(2)15-10-5-3-9(4-6-10)7-12-11(13)14/h3-6,8H,7H2,1-2H3,(H2,12,13,14). The zero-order chi connectivity index (χ0) is 11.3. The van der Waals surface area contributed by atoms with E-state index in [1.807, 2.05) is 23.9 Å². The number of benzene rings is 1. The number of hydrogen-bond donors (Lipinski definition) is 2. The van der Waals surface area contributed by atoms with E-state index in [1.54, 1.807) is 0 Å². The maximum Gasteiger partial charge on any atom is 0.276 e. The molecule has 0 bridgehead atoms. The third kappa shape index (κ3) is 5.14. The van der Waals surface area contributed by atoms with Gasteiger partial charge in [-0.3, -0.25) is 4.79 Å². The van der Waals surface area contributed by atoms with Crippen LogP contribution in [0.1, 0.15) is 19.4 Å². The Bertz CT molecular complexity index is 322. The summed E-state index contributed by atoms with van der Waals surface area (Å²) in [6, 6.07) is 8.19. The third-order valence-corrected chi connectivity index (χ3v) is 2.91. The van der Waals surface area contributed by atoms with E-state index in [-0.39, 0.29) is 5.24 Å². The lowest BCUT2D eigenvalue weighted by Gasteiger charge is -2.06. The Morgan fingerprint density at radius 3 is 2.47 bits per heavy atom. The molecule has 0 aromatic heterocycles. The number of nitrogens with one attached hydrogen (secondary N) is 1. The van der Waals surface area contributed by atoms with Gasteiger partial charge in [0.05, 0.1) is 0 Å². The molecule has 0 spiro atoms. The van der Waals surface area contributed by atoms with Crippen molar-refractivity contribution in [2.45, 2.75) is 30.5 Å². The van der Waals surface area contributed by atoms with Crippen molar-refractivity contribution in [2.75, 3.05) is 0 Å². The molecule has 0 radical (unpaired) electrons. The van der Waals surface area contributed by atoms with Crippen LogP contribution in [0.4, 0.5) is 4.79 Å². The van der Waals surface area contributed by atoms with E-state index in [0.717, 1.165) is 5.56 Å². The quantitative estimate of drug-likeness (QED) is 0.625. The van der Waals surface area contributed by atoms with Crippen molar-refractivity contribution in [3.63, 3.8) is 0 Å². The average molecular weight is 241 g/mol. The summed E-state index contributed by atoms with van der Waals surface area (Å²) in [6.07, 6.45) is 0.